The molecule has 0 aliphatic carbocycles. The number of amides is 3. The minimum atomic E-state index is -1.13. The van der Waals surface area contributed by atoms with Crippen molar-refractivity contribution in [2.75, 3.05) is 6.54 Å². The average Bonchev–Trinajstić information content (AvgIpc) is 3.24. The van der Waals surface area contributed by atoms with E-state index in [-0.39, 0.29) is 39.0 Å². The lowest BCUT2D eigenvalue weighted by Gasteiger charge is -2.35. The normalized spacial score (nSPS) is 17.6. The van der Waals surface area contributed by atoms with E-state index in [0.717, 1.165) is 16.0 Å². The summed E-state index contributed by atoms with van der Waals surface area (Å²) >= 11 is 0. The van der Waals surface area contributed by atoms with Gasteiger partial charge in [0.15, 0.2) is 0 Å². The Morgan fingerprint density at radius 3 is 1.92 bits per heavy atom. The lowest BCUT2D eigenvalue weighted by Crippen LogP contribution is -2.50. The molecule has 1 fully saturated rings. The highest BCUT2D eigenvalue weighted by Gasteiger charge is 2.51. The molecule has 0 bridgehead atoms. The molecule has 2 N–H and O–H groups in total. The van der Waals surface area contributed by atoms with Gasteiger partial charge in [-0.1, -0.05) is 60.7 Å². The summed E-state index contributed by atoms with van der Waals surface area (Å²) in [5.74, 6) is -0.908. The molecule has 0 unspecified atom stereocenters. The fourth-order valence-corrected chi connectivity index (χ4v) is 5.24. The van der Waals surface area contributed by atoms with Gasteiger partial charge in [-0.2, -0.15) is 0 Å². The second kappa shape index (κ2) is 16.6. The molecule has 13 heteroatoms. The smallest absolute Gasteiger partial charge is 0.437 e. The zero-order chi connectivity index (χ0) is 36.4. The van der Waals surface area contributed by atoms with Crippen molar-refractivity contribution in [2.24, 2.45) is 10.7 Å². The van der Waals surface area contributed by atoms with Gasteiger partial charge in [-0.15, -0.1) is 4.99 Å². The molecule has 0 spiro atoms. The van der Waals surface area contributed by atoms with E-state index in [1.807, 2.05) is 36.4 Å². The van der Waals surface area contributed by atoms with Gasteiger partial charge in [-0.25, -0.2) is 19.3 Å². The molecule has 1 aliphatic heterocycles. The maximum absolute atomic E-state index is 13.5. The van der Waals surface area contributed by atoms with Crippen LogP contribution in [0.1, 0.15) is 85.8 Å². The molecule has 268 valence electrons. The van der Waals surface area contributed by atoms with E-state index in [1.165, 1.54) is 4.90 Å². The Hall–Kier alpha value is -4.65. The highest BCUT2D eigenvalue weighted by molar-refractivity contribution is 5.97. The summed E-state index contributed by atoms with van der Waals surface area (Å²) in [4.78, 5) is 58.6. The van der Waals surface area contributed by atoms with Crippen molar-refractivity contribution in [2.45, 2.75) is 117 Å². The molecule has 1 heterocycles. The second-order valence-corrected chi connectivity index (χ2v) is 14.2. The minimum absolute atomic E-state index is 0.0358. The number of benzene rings is 2. The van der Waals surface area contributed by atoms with Gasteiger partial charge in [-0.05, 0) is 79.4 Å². The molecule has 3 amide bonds. The van der Waals surface area contributed by atoms with Gasteiger partial charge in [0, 0.05) is 6.54 Å². The van der Waals surface area contributed by atoms with Crippen LogP contribution in [-0.2, 0) is 41.7 Å². The number of nitrogens with two attached hydrogens (primary N) is 1. The van der Waals surface area contributed by atoms with Crippen molar-refractivity contribution >= 4 is 30.2 Å². The van der Waals surface area contributed by atoms with Crippen LogP contribution in [-0.4, -0.2) is 75.6 Å². The zero-order valence-corrected chi connectivity index (χ0v) is 29.8. The molecule has 1 saturated heterocycles. The molecule has 1 aliphatic rings. The number of carbonyl (C=O) groups excluding carboxylic acids is 4. The first-order valence-corrected chi connectivity index (χ1v) is 16.3. The van der Waals surface area contributed by atoms with E-state index in [4.69, 9.17) is 29.4 Å². The van der Waals surface area contributed by atoms with Crippen LogP contribution in [0.15, 0.2) is 65.7 Å². The number of nitrogens with zero attached hydrogens (tertiary/aromatic N) is 3. The van der Waals surface area contributed by atoms with Crippen LogP contribution in [0, 0.1) is 0 Å². The molecule has 2 aromatic carbocycles. The Bertz CT molecular complexity index is 1450. The standard InChI is InChI=1S/C36H50N4O9/c1-34(2,3)48-29(41)22-28-27(40(36(7,8)47-28)33(44)49-35(4,5)6)20-15-21-39(32(43)46-24-26-18-13-10-14-19-26)30(37)38-31(42)45-23-25-16-11-9-12-17-25/h9-14,16-19,27-28H,15,20-24H2,1-8H3,(H2,37,38,42)/t27-,28-/m0/s1. The monoisotopic (exact) mass is 682 g/mol. The van der Waals surface area contributed by atoms with E-state index >= 15 is 0 Å². The highest BCUT2D eigenvalue weighted by atomic mass is 16.6. The fourth-order valence-electron chi connectivity index (χ4n) is 5.24. The first kappa shape index (κ1) is 38.8. The van der Waals surface area contributed by atoms with Crippen LogP contribution in [0.3, 0.4) is 0 Å². The van der Waals surface area contributed by atoms with Gasteiger partial charge in [0.1, 0.15) is 30.1 Å². The maximum Gasteiger partial charge on any atom is 0.437 e. The number of esters is 1. The summed E-state index contributed by atoms with van der Waals surface area (Å²) in [7, 11) is 0. The number of guanidine groups is 1. The summed E-state index contributed by atoms with van der Waals surface area (Å²) in [6, 6.07) is 17.5. The van der Waals surface area contributed by atoms with E-state index in [2.05, 4.69) is 4.99 Å². The van der Waals surface area contributed by atoms with E-state index < -0.39 is 59.3 Å². The van der Waals surface area contributed by atoms with Gasteiger partial charge in [0.2, 0.25) is 5.96 Å². The summed E-state index contributed by atoms with van der Waals surface area (Å²) in [5, 5.41) is 0. The number of carbonyl (C=O) groups is 4. The molecule has 2 aromatic rings. The number of hydrogen-bond acceptors (Lipinski definition) is 9. The maximum atomic E-state index is 13.5. The molecule has 3 rings (SSSR count). The van der Waals surface area contributed by atoms with Crippen molar-refractivity contribution in [1.82, 2.24) is 9.80 Å². The van der Waals surface area contributed by atoms with Gasteiger partial charge >= 0.3 is 24.2 Å². The van der Waals surface area contributed by atoms with Crippen molar-refractivity contribution in [3.63, 3.8) is 0 Å². The second-order valence-electron chi connectivity index (χ2n) is 14.2. The lowest BCUT2D eigenvalue weighted by molar-refractivity contribution is -0.159. The van der Waals surface area contributed by atoms with E-state index in [9.17, 15) is 19.2 Å². The molecular formula is C36H50N4O9. The van der Waals surface area contributed by atoms with Gasteiger partial charge in [-0.3, -0.25) is 9.69 Å². The van der Waals surface area contributed by atoms with Crippen molar-refractivity contribution < 1.29 is 42.9 Å². The fraction of sp³-hybridized carbons (Fsp3) is 0.528. The Kier molecular flexibility index (Phi) is 13.2. The number of rotatable bonds is 10. The third kappa shape index (κ3) is 12.7. The minimum Gasteiger partial charge on any atom is -0.460 e. The van der Waals surface area contributed by atoms with Gasteiger partial charge < -0.3 is 29.4 Å². The van der Waals surface area contributed by atoms with E-state index in [0.29, 0.717) is 0 Å². The molecule has 0 aromatic heterocycles. The number of aliphatic imine (C=N–C) groups is 1. The van der Waals surface area contributed by atoms with E-state index in [1.54, 1.807) is 79.7 Å². The Balaban J connectivity index is 1.82. The summed E-state index contributed by atoms with van der Waals surface area (Å²) in [5.41, 5.74) is 5.06. The first-order chi connectivity index (χ1) is 22.8. The highest BCUT2D eigenvalue weighted by Crippen LogP contribution is 2.37. The third-order valence-electron chi connectivity index (χ3n) is 7.15. The van der Waals surface area contributed by atoms with Gasteiger partial charge in [0.25, 0.3) is 0 Å². The number of hydrogen-bond donors (Lipinski definition) is 1. The topological polar surface area (TPSA) is 159 Å². The van der Waals surface area contributed by atoms with Crippen molar-refractivity contribution in [3.05, 3.63) is 71.8 Å². The summed E-state index contributed by atoms with van der Waals surface area (Å²) < 4.78 is 28.3. The quantitative estimate of drug-likeness (QED) is 0.126. The predicted molar refractivity (Wildman–Crippen MR) is 182 cm³/mol. The van der Waals surface area contributed by atoms with Gasteiger partial charge in [0.05, 0.1) is 18.6 Å². The van der Waals surface area contributed by atoms with Crippen LogP contribution in [0.5, 0.6) is 0 Å². The first-order valence-electron chi connectivity index (χ1n) is 16.3. The zero-order valence-electron chi connectivity index (χ0n) is 29.8. The molecular weight excluding hydrogens is 632 g/mol. The predicted octanol–water partition coefficient (Wildman–Crippen LogP) is 6.53. The molecule has 0 radical (unpaired) electrons. The Labute approximate surface area is 288 Å². The third-order valence-corrected chi connectivity index (χ3v) is 7.15. The largest absolute Gasteiger partial charge is 0.460 e. The van der Waals surface area contributed by atoms with Crippen molar-refractivity contribution in [3.8, 4) is 0 Å². The SMILES string of the molecule is CC(C)(C)OC(=O)C[C@@H]1OC(C)(C)N(C(=O)OC(C)(C)C)[C@H]1CCCN(C(=O)OCc1ccccc1)/C(N)=N/C(=O)OCc1ccccc1. The Morgan fingerprint density at radius 1 is 0.857 bits per heavy atom. The van der Waals surface area contributed by atoms with Crippen LogP contribution in [0.4, 0.5) is 14.4 Å². The molecule has 13 nitrogen and oxygen atoms in total. The van der Waals surface area contributed by atoms with Crippen LogP contribution in [0.25, 0.3) is 0 Å². The van der Waals surface area contributed by atoms with Crippen molar-refractivity contribution in [1.29, 1.82) is 0 Å². The Morgan fingerprint density at radius 2 is 1.39 bits per heavy atom. The summed E-state index contributed by atoms with van der Waals surface area (Å²) in [6.07, 6.45) is -2.80. The molecule has 49 heavy (non-hydrogen) atoms. The molecule has 2 atom stereocenters. The van der Waals surface area contributed by atoms with Crippen LogP contribution >= 0.6 is 0 Å². The van der Waals surface area contributed by atoms with Crippen LogP contribution < -0.4 is 5.73 Å². The van der Waals surface area contributed by atoms with Crippen LogP contribution in [0.2, 0.25) is 0 Å². The molecule has 0 saturated carbocycles. The average molecular weight is 683 g/mol. The summed E-state index contributed by atoms with van der Waals surface area (Å²) in [6.45, 7) is 13.9. The number of ether oxygens (including phenoxy) is 5. The lowest BCUT2D eigenvalue weighted by atomic mass is 10.0.